The van der Waals surface area contributed by atoms with E-state index in [0.29, 0.717) is 12.1 Å². The van der Waals surface area contributed by atoms with Gasteiger partial charge in [0.05, 0.1) is 11.4 Å². The molecule has 0 aliphatic heterocycles. The topological polar surface area (TPSA) is 46.9 Å². The summed E-state index contributed by atoms with van der Waals surface area (Å²) >= 11 is 5.12. The number of benzene rings is 4. The van der Waals surface area contributed by atoms with Crippen LogP contribution in [-0.4, -0.2) is 27.8 Å². The van der Waals surface area contributed by atoms with E-state index in [1.165, 1.54) is 0 Å². The van der Waals surface area contributed by atoms with Crippen LogP contribution in [0.15, 0.2) is 125 Å². The molecule has 37 heavy (non-hydrogen) atoms. The summed E-state index contributed by atoms with van der Waals surface area (Å²) < 4.78 is 3.21. The molecule has 1 aromatic heterocycles. The maximum Gasteiger partial charge on any atom is 0.251 e. The molecule has 184 valence electrons. The van der Waals surface area contributed by atoms with Crippen LogP contribution in [-0.2, 0) is 0 Å². The Hall–Kier alpha value is -3.61. The molecule has 0 atom stereocenters. The highest BCUT2D eigenvalue weighted by Gasteiger charge is 2.21. The van der Waals surface area contributed by atoms with Crippen molar-refractivity contribution >= 4 is 33.6 Å². The third kappa shape index (κ3) is 6.04. The van der Waals surface area contributed by atoms with Gasteiger partial charge in [0.15, 0.2) is 5.16 Å². The molecule has 5 rings (SSSR count). The Bertz CT molecular complexity index is 1450. The van der Waals surface area contributed by atoms with Crippen molar-refractivity contribution in [2.75, 3.05) is 12.3 Å². The number of carbonyl (C=O) groups excluding carboxylic acids is 1. The lowest BCUT2D eigenvalue weighted by molar-refractivity contribution is 0.0954. The summed E-state index contributed by atoms with van der Waals surface area (Å²) in [6, 6.07) is 38.5. The lowest BCUT2D eigenvalue weighted by Crippen LogP contribution is -2.24. The summed E-state index contributed by atoms with van der Waals surface area (Å²) in [4.78, 5) is 17.6. The first-order valence-electron chi connectivity index (χ1n) is 12.2. The second kappa shape index (κ2) is 12.1. The molecule has 6 heteroatoms. The molecule has 4 nitrogen and oxygen atoms in total. The van der Waals surface area contributed by atoms with Gasteiger partial charge in [-0.1, -0.05) is 107 Å². The van der Waals surface area contributed by atoms with Gasteiger partial charge in [-0.3, -0.25) is 9.36 Å². The van der Waals surface area contributed by atoms with Gasteiger partial charge in [0.25, 0.3) is 5.91 Å². The average Bonchev–Trinajstić information content (AvgIpc) is 3.34. The van der Waals surface area contributed by atoms with Gasteiger partial charge in [-0.25, -0.2) is 4.98 Å². The summed E-state index contributed by atoms with van der Waals surface area (Å²) in [5.74, 6) is 0.772. The van der Waals surface area contributed by atoms with E-state index in [-0.39, 0.29) is 5.91 Å². The van der Waals surface area contributed by atoms with Crippen molar-refractivity contribution in [3.8, 4) is 28.2 Å². The quantitative estimate of drug-likeness (QED) is 0.145. The number of hydrogen-bond acceptors (Lipinski definition) is 3. The largest absolute Gasteiger partial charge is 0.352 e. The summed E-state index contributed by atoms with van der Waals surface area (Å²) in [6.07, 6.45) is 0.829. The van der Waals surface area contributed by atoms with Gasteiger partial charge in [-0.2, -0.15) is 0 Å². The Balaban J connectivity index is 1.40. The Labute approximate surface area is 229 Å². The van der Waals surface area contributed by atoms with Gasteiger partial charge in [0.1, 0.15) is 0 Å². The highest BCUT2D eigenvalue weighted by molar-refractivity contribution is 9.10. The van der Waals surface area contributed by atoms with Crippen LogP contribution in [0, 0.1) is 0 Å². The van der Waals surface area contributed by atoms with Crippen LogP contribution >= 0.6 is 27.7 Å². The molecule has 1 heterocycles. The van der Waals surface area contributed by atoms with E-state index in [1.807, 2.05) is 54.6 Å². The number of amides is 1. The molecular formula is C31H26BrN3OS. The number of thioether (sulfide) groups is 1. The zero-order chi connectivity index (χ0) is 25.5. The van der Waals surface area contributed by atoms with E-state index in [4.69, 9.17) is 4.98 Å². The second-order valence-electron chi connectivity index (χ2n) is 8.46. The van der Waals surface area contributed by atoms with Crippen molar-refractivity contribution < 1.29 is 4.79 Å². The first-order valence-corrected chi connectivity index (χ1v) is 13.9. The highest BCUT2D eigenvalue weighted by atomic mass is 79.9. The van der Waals surface area contributed by atoms with Crippen molar-refractivity contribution in [2.24, 2.45) is 0 Å². The molecule has 0 saturated carbocycles. The van der Waals surface area contributed by atoms with Crippen LogP contribution in [0.2, 0.25) is 0 Å². The summed E-state index contributed by atoms with van der Waals surface area (Å²) in [5, 5.41) is 3.96. The van der Waals surface area contributed by atoms with E-state index in [1.54, 1.807) is 11.8 Å². The molecule has 0 fully saturated rings. The molecule has 1 N–H and O–H groups in total. The molecular weight excluding hydrogens is 542 g/mol. The Morgan fingerprint density at radius 2 is 1.38 bits per heavy atom. The third-order valence-corrected chi connectivity index (χ3v) is 7.45. The summed E-state index contributed by atoms with van der Waals surface area (Å²) in [6.45, 7) is 0.602. The zero-order valence-electron chi connectivity index (χ0n) is 20.2. The molecule has 0 bridgehead atoms. The SMILES string of the molecule is O=C(NCCCSc1nc(-c2ccccc2)c(-c2ccccc2)n1-c1ccccc1)c1ccc(Br)cc1. The predicted octanol–water partition coefficient (Wildman–Crippen LogP) is 7.88. The Morgan fingerprint density at radius 3 is 2.03 bits per heavy atom. The second-order valence-corrected chi connectivity index (χ2v) is 10.4. The number of carbonyl (C=O) groups is 1. The molecule has 0 spiro atoms. The van der Waals surface area contributed by atoms with E-state index in [0.717, 1.165) is 50.0 Å². The standard InChI is InChI=1S/C31H26BrN3OS/c32-26-19-17-25(18-20-26)30(36)33-21-10-22-37-31-34-28(23-11-4-1-5-12-23)29(24-13-6-2-7-14-24)35(31)27-15-8-3-9-16-27/h1-9,11-20H,10,21-22H2,(H,33,36). The molecule has 5 aromatic rings. The number of halogens is 1. The van der Waals surface area contributed by atoms with Crippen LogP contribution in [0.25, 0.3) is 28.2 Å². The van der Waals surface area contributed by atoms with Crippen molar-refractivity contribution in [1.82, 2.24) is 14.9 Å². The monoisotopic (exact) mass is 567 g/mol. The lowest BCUT2D eigenvalue weighted by atomic mass is 10.0. The number of nitrogens with one attached hydrogen (secondary N) is 1. The predicted molar refractivity (Wildman–Crippen MR) is 156 cm³/mol. The van der Waals surface area contributed by atoms with Crippen molar-refractivity contribution in [3.05, 3.63) is 125 Å². The number of imidazole rings is 1. The van der Waals surface area contributed by atoms with Crippen molar-refractivity contribution in [3.63, 3.8) is 0 Å². The van der Waals surface area contributed by atoms with Gasteiger partial charge in [0.2, 0.25) is 0 Å². The number of hydrogen-bond donors (Lipinski definition) is 1. The van der Waals surface area contributed by atoms with Gasteiger partial charge in [-0.15, -0.1) is 0 Å². The van der Waals surface area contributed by atoms with E-state index < -0.39 is 0 Å². The third-order valence-electron chi connectivity index (χ3n) is 5.90. The fourth-order valence-corrected chi connectivity index (χ4v) is 5.33. The maximum absolute atomic E-state index is 12.4. The molecule has 0 aliphatic carbocycles. The fraction of sp³-hybridized carbons (Fsp3) is 0.0968. The minimum Gasteiger partial charge on any atom is -0.352 e. The molecule has 0 unspecified atom stereocenters. The van der Waals surface area contributed by atoms with E-state index in [9.17, 15) is 4.79 Å². The molecule has 0 saturated heterocycles. The lowest BCUT2D eigenvalue weighted by Gasteiger charge is -2.13. The Morgan fingerprint density at radius 1 is 0.784 bits per heavy atom. The van der Waals surface area contributed by atoms with Gasteiger partial charge in [0, 0.05) is 39.1 Å². The van der Waals surface area contributed by atoms with Crippen LogP contribution in [0.4, 0.5) is 0 Å². The maximum atomic E-state index is 12.4. The fourth-order valence-electron chi connectivity index (χ4n) is 4.11. The van der Waals surface area contributed by atoms with Crippen molar-refractivity contribution in [1.29, 1.82) is 0 Å². The van der Waals surface area contributed by atoms with Crippen LogP contribution < -0.4 is 5.32 Å². The van der Waals surface area contributed by atoms with Crippen LogP contribution in [0.3, 0.4) is 0 Å². The molecule has 1 amide bonds. The first kappa shape index (κ1) is 25.1. The summed E-state index contributed by atoms with van der Waals surface area (Å²) in [5.41, 5.74) is 5.97. The van der Waals surface area contributed by atoms with Crippen molar-refractivity contribution in [2.45, 2.75) is 11.6 Å². The smallest absolute Gasteiger partial charge is 0.251 e. The van der Waals surface area contributed by atoms with Crippen LogP contribution in [0.1, 0.15) is 16.8 Å². The zero-order valence-corrected chi connectivity index (χ0v) is 22.6. The number of nitrogens with zero attached hydrogens (tertiary/aromatic N) is 2. The average molecular weight is 569 g/mol. The van der Waals surface area contributed by atoms with Gasteiger partial charge in [-0.05, 0) is 42.8 Å². The molecule has 0 aliphatic rings. The Kier molecular flexibility index (Phi) is 8.18. The molecule has 0 radical (unpaired) electrons. The minimum atomic E-state index is -0.0546. The van der Waals surface area contributed by atoms with Crippen LogP contribution in [0.5, 0.6) is 0 Å². The van der Waals surface area contributed by atoms with E-state index in [2.05, 4.69) is 86.5 Å². The first-order chi connectivity index (χ1) is 18.2. The normalized spacial score (nSPS) is 10.8. The number of para-hydroxylation sites is 1. The minimum absolute atomic E-state index is 0.0546. The van der Waals surface area contributed by atoms with Gasteiger partial charge >= 0.3 is 0 Å². The van der Waals surface area contributed by atoms with E-state index >= 15 is 0 Å². The highest BCUT2D eigenvalue weighted by Crippen LogP contribution is 2.38. The van der Waals surface area contributed by atoms with Gasteiger partial charge < -0.3 is 5.32 Å². The number of aromatic nitrogens is 2. The summed E-state index contributed by atoms with van der Waals surface area (Å²) in [7, 11) is 0. The number of rotatable bonds is 9. The molecule has 4 aromatic carbocycles.